The molecule has 0 radical (unpaired) electrons. The van der Waals surface area contributed by atoms with E-state index >= 15 is 0 Å². The number of benzene rings is 3. The molecule has 1 aliphatic heterocycles. The van der Waals surface area contributed by atoms with Crippen LogP contribution in [0.3, 0.4) is 0 Å². The molecule has 1 heterocycles. The Balaban J connectivity index is 1.66. The van der Waals surface area contributed by atoms with E-state index in [9.17, 15) is 13.2 Å². The third-order valence-electron chi connectivity index (χ3n) is 6.42. The number of nitrogens with one attached hydrogen (secondary N) is 2. The second kappa shape index (κ2) is 10.5. The van der Waals surface area contributed by atoms with Gasteiger partial charge in [-0.05, 0) is 72.9 Å². The summed E-state index contributed by atoms with van der Waals surface area (Å²) in [6.45, 7) is 2.51. The van der Waals surface area contributed by atoms with Crippen LogP contribution in [0.1, 0.15) is 37.3 Å². The van der Waals surface area contributed by atoms with Gasteiger partial charge < -0.3 is 15.4 Å². The number of methoxy groups -OCH3 is 1. The van der Waals surface area contributed by atoms with Gasteiger partial charge in [0.2, 0.25) is 0 Å². The first kappa shape index (κ1) is 25.5. The van der Waals surface area contributed by atoms with E-state index in [0.29, 0.717) is 23.4 Å². The summed E-state index contributed by atoms with van der Waals surface area (Å²) in [5.41, 5.74) is 6.77. The molecule has 0 bridgehead atoms. The van der Waals surface area contributed by atoms with E-state index in [1.54, 1.807) is 60.5 Å². The van der Waals surface area contributed by atoms with Crippen LogP contribution < -0.4 is 15.3 Å². The molecule has 4 N–H and O–H groups in total. The summed E-state index contributed by atoms with van der Waals surface area (Å²) in [7, 11) is -2.51. The monoisotopic (exact) mass is 509 g/mol. The quantitative estimate of drug-likeness (QED) is 0.253. The average Bonchev–Trinajstić information content (AvgIpc) is 2.87. The molecule has 0 spiro atoms. The molecular weight excluding hydrogens is 478 g/mol. The van der Waals surface area contributed by atoms with Crippen LogP contribution in [0.15, 0.2) is 65.6 Å². The van der Waals surface area contributed by atoms with Crippen LogP contribution in [0.4, 0.5) is 4.79 Å². The number of nitrogens with zero attached hydrogens (tertiary/aromatic N) is 2. The zero-order valence-corrected chi connectivity index (χ0v) is 21.2. The lowest BCUT2D eigenvalue weighted by Gasteiger charge is -2.37. The summed E-state index contributed by atoms with van der Waals surface area (Å²) in [6.07, 6.45) is 2.75. The fourth-order valence-electron chi connectivity index (χ4n) is 4.39. The minimum atomic E-state index is -4.08. The first-order valence-electron chi connectivity index (χ1n) is 11.8. The van der Waals surface area contributed by atoms with Gasteiger partial charge in [-0.1, -0.05) is 30.3 Å². The molecular formula is C26H31N5O4S. The van der Waals surface area contributed by atoms with Crippen LogP contribution in [0.5, 0.6) is 5.75 Å². The number of hydrogen-bond acceptors (Lipinski definition) is 5. The summed E-state index contributed by atoms with van der Waals surface area (Å²) < 4.78 is 32.1. The van der Waals surface area contributed by atoms with E-state index in [1.807, 2.05) is 13.0 Å². The molecule has 0 aliphatic carbocycles. The minimum absolute atomic E-state index is 0.00235. The number of fused-ring (bicyclic) bond motifs is 1. The topological polar surface area (TPSA) is 129 Å². The number of nitrogen functional groups attached to an aromatic ring is 1. The van der Waals surface area contributed by atoms with Gasteiger partial charge in [-0.25, -0.2) is 18.2 Å². The number of nitrogens with two attached hydrogens (primary N) is 1. The number of piperidine rings is 1. The maximum atomic E-state index is 13.6. The van der Waals surface area contributed by atoms with Gasteiger partial charge in [-0.15, -0.1) is 4.83 Å². The molecule has 1 saturated heterocycles. The molecule has 2 amide bonds. The molecule has 1 atom stereocenters. The van der Waals surface area contributed by atoms with E-state index in [2.05, 4.69) is 4.83 Å². The summed E-state index contributed by atoms with van der Waals surface area (Å²) >= 11 is 0. The number of amidine groups is 1. The Morgan fingerprint density at radius 2 is 1.89 bits per heavy atom. The normalized spacial score (nSPS) is 16.1. The van der Waals surface area contributed by atoms with Gasteiger partial charge >= 0.3 is 6.03 Å². The van der Waals surface area contributed by atoms with Crippen molar-refractivity contribution in [3.05, 3.63) is 71.8 Å². The van der Waals surface area contributed by atoms with Crippen LogP contribution in [0, 0.1) is 5.41 Å². The van der Waals surface area contributed by atoms with Crippen LogP contribution in [0.2, 0.25) is 0 Å². The molecule has 1 unspecified atom stereocenters. The number of hydrogen-bond donors (Lipinski definition) is 3. The molecule has 9 nitrogen and oxygen atoms in total. The zero-order chi connectivity index (χ0) is 25.9. The molecule has 4 rings (SSSR count). The predicted octanol–water partition coefficient (Wildman–Crippen LogP) is 3.82. The zero-order valence-electron chi connectivity index (χ0n) is 20.4. The van der Waals surface area contributed by atoms with Crippen molar-refractivity contribution in [2.24, 2.45) is 5.73 Å². The molecule has 1 aliphatic rings. The average molecular weight is 510 g/mol. The second-order valence-electron chi connectivity index (χ2n) is 8.99. The van der Waals surface area contributed by atoms with Gasteiger partial charge in [0.1, 0.15) is 11.6 Å². The highest BCUT2D eigenvalue weighted by Crippen LogP contribution is 2.25. The smallest absolute Gasteiger partial charge is 0.335 e. The van der Waals surface area contributed by atoms with Crippen LogP contribution in [0.25, 0.3) is 10.8 Å². The van der Waals surface area contributed by atoms with Crippen molar-refractivity contribution in [2.75, 3.05) is 13.7 Å². The highest BCUT2D eigenvalue weighted by atomic mass is 32.2. The van der Waals surface area contributed by atoms with Crippen LogP contribution in [-0.2, 0) is 16.6 Å². The van der Waals surface area contributed by atoms with Gasteiger partial charge in [0.25, 0.3) is 10.0 Å². The Hall–Kier alpha value is -3.63. The fourth-order valence-corrected chi connectivity index (χ4v) is 5.46. The Morgan fingerprint density at radius 3 is 2.61 bits per heavy atom. The Labute approximate surface area is 211 Å². The number of likely N-dealkylation sites (tertiary alicyclic amines) is 1. The van der Waals surface area contributed by atoms with E-state index in [4.69, 9.17) is 15.9 Å². The van der Waals surface area contributed by atoms with Gasteiger partial charge in [0.05, 0.1) is 18.6 Å². The van der Waals surface area contributed by atoms with E-state index in [0.717, 1.165) is 35.0 Å². The number of urea groups is 1. The van der Waals surface area contributed by atoms with Gasteiger partial charge in [0, 0.05) is 18.2 Å². The number of carbonyl (C=O) groups excluding carboxylic acids is 1. The number of sulfonamides is 1. The van der Waals surface area contributed by atoms with Gasteiger partial charge in [-0.2, -0.15) is 0 Å². The third-order valence-corrected chi connectivity index (χ3v) is 7.75. The number of hydrazine groups is 1. The summed E-state index contributed by atoms with van der Waals surface area (Å²) in [5.74, 6) is 0.573. The molecule has 36 heavy (non-hydrogen) atoms. The Kier molecular flexibility index (Phi) is 7.46. The van der Waals surface area contributed by atoms with Gasteiger partial charge in [0.15, 0.2) is 0 Å². The predicted molar refractivity (Wildman–Crippen MR) is 139 cm³/mol. The van der Waals surface area contributed by atoms with Crippen molar-refractivity contribution in [2.45, 2.75) is 43.7 Å². The summed E-state index contributed by atoms with van der Waals surface area (Å²) in [4.78, 5) is 17.8. The van der Waals surface area contributed by atoms with Crippen molar-refractivity contribution in [3.8, 4) is 5.75 Å². The Bertz CT molecular complexity index is 1390. The van der Waals surface area contributed by atoms with E-state index < -0.39 is 16.1 Å². The maximum Gasteiger partial charge on any atom is 0.335 e. The van der Waals surface area contributed by atoms with Crippen molar-refractivity contribution >= 4 is 32.7 Å². The van der Waals surface area contributed by atoms with E-state index in [1.165, 1.54) is 6.07 Å². The first-order chi connectivity index (χ1) is 17.2. The van der Waals surface area contributed by atoms with Crippen molar-refractivity contribution in [3.63, 3.8) is 0 Å². The lowest BCUT2D eigenvalue weighted by atomic mass is 10.0. The molecule has 3 aromatic rings. The lowest BCUT2D eigenvalue weighted by molar-refractivity contribution is 0.111. The highest BCUT2D eigenvalue weighted by molar-refractivity contribution is 7.89. The fraction of sp³-hybridized carbons (Fsp3) is 0.308. The van der Waals surface area contributed by atoms with Crippen LogP contribution in [-0.4, -0.2) is 49.9 Å². The second-order valence-corrected chi connectivity index (χ2v) is 10.7. The minimum Gasteiger partial charge on any atom is -0.497 e. The first-order valence-corrected chi connectivity index (χ1v) is 13.3. The Morgan fingerprint density at radius 1 is 1.14 bits per heavy atom. The molecule has 0 saturated carbocycles. The molecule has 0 aromatic heterocycles. The molecule has 3 aromatic carbocycles. The van der Waals surface area contributed by atoms with Crippen molar-refractivity contribution in [1.29, 1.82) is 5.41 Å². The number of rotatable bonds is 7. The molecule has 10 heteroatoms. The SMILES string of the molecule is COc1ccc2cc(S(=O)(=O)NN(Cc3cccc(C(=N)N)c3)C(=O)N3CCCCC3C)ccc2c1. The molecule has 1 fully saturated rings. The van der Waals surface area contributed by atoms with Crippen molar-refractivity contribution in [1.82, 2.24) is 14.7 Å². The standard InChI is InChI=1S/C26H31N5O4S/c1-18-6-3-4-13-30(18)26(32)31(17-19-7-5-8-22(14-19)25(27)28)29-36(33,34)24-12-10-20-15-23(35-2)11-9-21(20)16-24/h5,7-12,14-16,18,29H,3-4,6,13,17H2,1-2H3,(H3,27,28). The molecule has 190 valence electrons. The summed E-state index contributed by atoms with van der Waals surface area (Å²) in [6, 6.07) is 16.6. The summed E-state index contributed by atoms with van der Waals surface area (Å²) in [5, 5.41) is 10.4. The number of amides is 2. The third kappa shape index (κ3) is 5.60. The van der Waals surface area contributed by atoms with Gasteiger partial charge in [-0.3, -0.25) is 5.41 Å². The number of carbonyl (C=O) groups is 1. The largest absolute Gasteiger partial charge is 0.497 e. The van der Waals surface area contributed by atoms with Crippen LogP contribution >= 0.6 is 0 Å². The highest BCUT2D eigenvalue weighted by Gasteiger charge is 2.30. The van der Waals surface area contributed by atoms with E-state index in [-0.39, 0.29) is 23.3 Å². The number of ether oxygens (including phenoxy) is 1. The lowest BCUT2D eigenvalue weighted by Crippen LogP contribution is -2.54. The van der Waals surface area contributed by atoms with Crippen molar-refractivity contribution < 1.29 is 17.9 Å². The maximum absolute atomic E-state index is 13.6.